The number of carbonyl (C=O) groups is 1. The second-order valence-electron chi connectivity index (χ2n) is 6.59. The zero-order chi connectivity index (χ0) is 16.1. The number of allylic oxidation sites excluding steroid dienone is 1. The van der Waals surface area contributed by atoms with Crippen LogP contribution in [0.2, 0.25) is 0 Å². The summed E-state index contributed by atoms with van der Waals surface area (Å²) in [7, 11) is 0. The summed E-state index contributed by atoms with van der Waals surface area (Å²) in [5, 5.41) is 0. The predicted molar refractivity (Wildman–Crippen MR) is 90.5 cm³/mol. The Balaban J connectivity index is 2.18. The number of Topliss-reactive ketones (excluding diaryl/α,β-unsaturated/α-hetero) is 1. The van der Waals surface area contributed by atoms with Crippen molar-refractivity contribution in [3.63, 3.8) is 0 Å². The van der Waals surface area contributed by atoms with E-state index in [1.54, 1.807) is 6.07 Å². The first kappa shape index (κ1) is 16.9. The third-order valence-electron chi connectivity index (χ3n) is 4.70. The highest BCUT2D eigenvalue weighted by Gasteiger charge is 2.21. The van der Waals surface area contributed by atoms with Gasteiger partial charge in [-0.3, -0.25) is 4.79 Å². The Hall–Kier alpha value is -1.44. The van der Waals surface area contributed by atoms with Crippen molar-refractivity contribution in [3.05, 3.63) is 41.2 Å². The van der Waals surface area contributed by atoms with Crippen molar-refractivity contribution >= 4 is 11.4 Å². The average molecular weight is 302 g/mol. The number of hydrogen-bond acceptors (Lipinski definition) is 1. The van der Waals surface area contributed by atoms with Gasteiger partial charge in [-0.25, -0.2) is 4.39 Å². The summed E-state index contributed by atoms with van der Waals surface area (Å²) in [6, 6.07) is 3.59. The third-order valence-corrected chi connectivity index (χ3v) is 4.70. The monoisotopic (exact) mass is 302 g/mol. The molecule has 1 aromatic rings. The van der Waals surface area contributed by atoms with Crippen molar-refractivity contribution in [2.24, 2.45) is 0 Å². The van der Waals surface area contributed by atoms with Gasteiger partial charge in [0.2, 0.25) is 0 Å². The van der Waals surface area contributed by atoms with Gasteiger partial charge in [-0.1, -0.05) is 38.8 Å². The molecule has 0 unspecified atom stereocenters. The molecular formula is C20H27FO. The predicted octanol–water partition coefficient (Wildman–Crippen LogP) is 5.95. The van der Waals surface area contributed by atoms with Gasteiger partial charge in [0.1, 0.15) is 11.6 Å². The van der Waals surface area contributed by atoms with E-state index in [9.17, 15) is 9.18 Å². The zero-order valence-electron chi connectivity index (χ0n) is 13.9. The van der Waals surface area contributed by atoms with E-state index in [-0.39, 0.29) is 11.6 Å². The molecule has 0 saturated heterocycles. The van der Waals surface area contributed by atoms with E-state index in [4.69, 9.17) is 0 Å². The molecule has 0 aromatic heterocycles. The summed E-state index contributed by atoms with van der Waals surface area (Å²) in [5.74, 6) is 0.422. The van der Waals surface area contributed by atoms with Gasteiger partial charge < -0.3 is 0 Å². The second kappa shape index (κ2) is 7.71. The molecule has 2 heteroatoms. The summed E-state index contributed by atoms with van der Waals surface area (Å²) >= 11 is 0. The van der Waals surface area contributed by atoms with Crippen molar-refractivity contribution in [3.8, 4) is 0 Å². The van der Waals surface area contributed by atoms with Crippen LogP contribution in [0.3, 0.4) is 0 Å². The van der Waals surface area contributed by atoms with Crippen LogP contribution < -0.4 is 0 Å². The average Bonchev–Trinajstić information content (AvgIpc) is 2.47. The molecule has 0 heterocycles. The van der Waals surface area contributed by atoms with Crippen molar-refractivity contribution < 1.29 is 9.18 Å². The van der Waals surface area contributed by atoms with Gasteiger partial charge in [-0.15, -0.1) is 0 Å². The van der Waals surface area contributed by atoms with Gasteiger partial charge in [0.05, 0.1) is 0 Å². The first-order valence-electron chi connectivity index (χ1n) is 8.52. The number of carbonyl (C=O) groups excluding carboxylic acids is 1. The molecule has 1 aliphatic carbocycles. The van der Waals surface area contributed by atoms with E-state index < -0.39 is 0 Å². The minimum atomic E-state index is -0.119. The lowest BCUT2D eigenvalue weighted by Crippen LogP contribution is -2.09. The van der Waals surface area contributed by atoms with E-state index >= 15 is 0 Å². The molecule has 1 fully saturated rings. The van der Waals surface area contributed by atoms with Crippen molar-refractivity contribution in [1.82, 2.24) is 0 Å². The summed E-state index contributed by atoms with van der Waals surface area (Å²) < 4.78 is 14.6. The largest absolute Gasteiger partial charge is 0.299 e. The van der Waals surface area contributed by atoms with Crippen LogP contribution >= 0.6 is 0 Å². The summed E-state index contributed by atoms with van der Waals surface area (Å²) in [6.07, 6.45) is 7.59. The van der Waals surface area contributed by atoms with Gasteiger partial charge in [0, 0.05) is 12.8 Å². The van der Waals surface area contributed by atoms with E-state index in [0.29, 0.717) is 18.8 Å². The molecule has 1 nitrogen and oxygen atoms in total. The molecule has 0 spiro atoms. The highest BCUT2D eigenvalue weighted by Crippen LogP contribution is 2.37. The normalized spacial score (nSPS) is 15.8. The first-order valence-corrected chi connectivity index (χ1v) is 8.52. The van der Waals surface area contributed by atoms with Crippen LogP contribution in [0.4, 0.5) is 4.39 Å². The molecule has 120 valence electrons. The maximum atomic E-state index is 14.6. The fourth-order valence-corrected chi connectivity index (χ4v) is 3.57. The van der Waals surface area contributed by atoms with E-state index in [1.807, 2.05) is 19.9 Å². The molecule has 2 rings (SSSR count). The highest BCUT2D eigenvalue weighted by molar-refractivity contribution is 5.89. The molecule has 1 aromatic carbocycles. The van der Waals surface area contributed by atoms with Crippen LogP contribution in [-0.2, 0) is 4.79 Å². The smallest absolute Gasteiger partial charge is 0.137 e. The standard InChI is InChI=1S/C20H27FO/c1-4-8-18(22)12-14(2)17-11-15(3)20(19(21)13-17)16-9-6-5-7-10-16/h11,13,16H,2,4-10,12H2,1,3H3. The molecule has 0 radical (unpaired) electrons. The number of hydrogen-bond donors (Lipinski definition) is 0. The number of halogens is 1. The van der Waals surface area contributed by atoms with Crippen molar-refractivity contribution in [2.75, 3.05) is 0 Å². The van der Waals surface area contributed by atoms with E-state index in [2.05, 4.69) is 6.58 Å². The van der Waals surface area contributed by atoms with Gasteiger partial charge in [-0.2, -0.15) is 0 Å². The minimum absolute atomic E-state index is 0.119. The Morgan fingerprint density at radius 1 is 1.27 bits per heavy atom. The van der Waals surface area contributed by atoms with Crippen LogP contribution in [0.1, 0.15) is 80.9 Å². The van der Waals surface area contributed by atoms with Gasteiger partial charge in [-0.05, 0) is 60.4 Å². The molecule has 22 heavy (non-hydrogen) atoms. The van der Waals surface area contributed by atoms with Crippen LogP contribution in [0.15, 0.2) is 18.7 Å². The number of rotatable bonds is 6. The highest BCUT2D eigenvalue weighted by atomic mass is 19.1. The fraction of sp³-hybridized carbons (Fsp3) is 0.550. The van der Waals surface area contributed by atoms with Crippen LogP contribution in [-0.4, -0.2) is 5.78 Å². The Bertz CT molecular complexity index is 530. The summed E-state index contributed by atoms with van der Waals surface area (Å²) in [5.41, 5.74) is 3.40. The minimum Gasteiger partial charge on any atom is -0.299 e. The topological polar surface area (TPSA) is 17.1 Å². The quantitative estimate of drug-likeness (QED) is 0.634. The molecule has 0 bridgehead atoms. The second-order valence-corrected chi connectivity index (χ2v) is 6.59. The Kier molecular flexibility index (Phi) is 5.93. The fourth-order valence-electron chi connectivity index (χ4n) is 3.57. The molecule has 0 N–H and O–H groups in total. The molecule has 0 aliphatic heterocycles. The zero-order valence-corrected chi connectivity index (χ0v) is 13.9. The maximum Gasteiger partial charge on any atom is 0.137 e. The SMILES string of the molecule is C=C(CC(=O)CCC)c1cc(C)c(C2CCCCC2)c(F)c1. The van der Waals surface area contributed by atoms with Crippen molar-refractivity contribution in [1.29, 1.82) is 0 Å². The third kappa shape index (κ3) is 4.06. The van der Waals surface area contributed by atoms with Gasteiger partial charge in [0.15, 0.2) is 0 Å². The van der Waals surface area contributed by atoms with Crippen LogP contribution in [0, 0.1) is 12.7 Å². The first-order chi connectivity index (χ1) is 10.5. The van der Waals surface area contributed by atoms with Crippen LogP contribution in [0.5, 0.6) is 0 Å². The van der Waals surface area contributed by atoms with Crippen molar-refractivity contribution in [2.45, 2.75) is 71.1 Å². The molecular weight excluding hydrogens is 275 g/mol. The Labute approximate surface area is 133 Å². The molecule has 1 aliphatic rings. The summed E-state index contributed by atoms with van der Waals surface area (Å²) in [4.78, 5) is 11.8. The molecule has 0 amide bonds. The van der Waals surface area contributed by atoms with Gasteiger partial charge >= 0.3 is 0 Å². The molecule has 1 saturated carbocycles. The Morgan fingerprint density at radius 3 is 2.55 bits per heavy atom. The summed E-state index contributed by atoms with van der Waals surface area (Å²) in [6.45, 7) is 7.96. The number of aryl methyl sites for hydroxylation is 1. The van der Waals surface area contributed by atoms with E-state index in [1.165, 1.54) is 19.3 Å². The molecule has 0 atom stereocenters. The van der Waals surface area contributed by atoms with Crippen LogP contribution in [0.25, 0.3) is 5.57 Å². The lowest BCUT2D eigenvalue weighted by atomic mass is 9.81. The lowest BCUT2D eigenvalue weighted by molar-refractivity contribution is -0.118. The maximum absolute atomic E-state index is 14.6. The van der Waals surface area contributed by atoms with E-state index in [0.717, 1.165) is 41.5 Å². The lowest BCUT2D eigenvalue weighted by Gasteiger charge is -2.24. The Morgan fingerprint density at radius 2 is 1.95 bits per heavy atom. The number of benzene rings is 1. The van der Waals surface area contributed by atoms with Gasteiger partial charge in [0.25, 0.3) is 0 Å². The number of ketones is 1.